The van der Waals surface area contributed by atoms with E-state index >= 15 is 0 Å². The van der Waals surface area contributed by atoms with E-state index in [0.29, 0.717) is 11.3 Å². The van der Waals surface area contributed by atoms with Crippen molar-refractivity contribution in [3.8, 4) is 5.75 Å². The normalized spacial score (nSPS) is 11.1. The number of methoxy groups -OCH3 is 1. The third-order valence-electron chi connectivity index (χ3n) is 2.46. The summed E-state index contributed by atoms with van der Waals surface area (Å²) in [6.07, 6.45) is 0. The van der Waals surface area contributed by atoms with E-state index in [1.54, 1.807) is 0 Å². The number of anilines is 1. The number of aromatic carboxylic acids is 1. The SMILES string of the molecule is COc1cc(F)ccc1NS(=O)(=O)c1ccc(C(=O)O)s1. The van der Waals surface area contributed by atoms with Crippen LogP contribution in [-0.4, -0.2) is 26.6 Å². The van der Waals surface area contributed by atoms with Crippen LogP contribution in [0.4, 0.5) is 10.1 Å². The average Bonchev–Trinajstić information content (AvgIpc) is 2.91. The molecule has 0 spiro atoms. The third kappa shape index (κ3) is 3.31. The molecule has 0 aliphatic rings. The van der Waals surface area contributed by atoms with Crippen molar-refractivity contribution in [2.45, 2.75) is 4.21 Å². The van der Waals surface area contributed by atoms with E-state index in [1.165, 1.54) is 25.3 Å². The van der Waals surface area contributed by atoms with Crippen molar-refractivity contribution in [3.63, 3.8) is 0 Å². The van der Waals surface area contributed by atoms with Crippen molar-refractivity contribution < 1.29 is 27.4 Å². The van der Waals surface area contributed by atoms with Crippen LogP contribution in [0, 0.1) is 5.82 Å². The van der Waals surface area contributed by atoms with Crippen LogP contribution in [0.25, 0.3) is 0 Å². The summed E-state index contributed by atoms with van der Waals surface area (Å²) in [4.78, 5) is 10.7. The number of thiophene rings is 1. The van der Waals surface area contributed by atoms with Crippen molar-refractivity contribution in [2.75, 3.05) is 11.8 Å². The van der Waals surface area contributed by atoms with E-state index in [0.717, 1.165) is 12.1 Å². The molecule has 0 radical (unpaired) electrons. The van der Waals surface area contributed by atoms with Crippen LogP contribution in [-0.2, 0) is 10.0 Å². The Balaban J connectivity index is 2.35. The van der Waals surface area contributed by atoms with Gasteiger partial charge in [-0.1, -0.05) is 0 Å². The topological polar surface area (TPSA) is 92.7 Å². The minimum Gasteiger partial charge on any atom is -0.494 e. The summed E-state index contributed by atoms with van der Waals surface area (Å²) < 4.78 is 44.3. The van der Waals surface area contributed by atoms with Crippen molar-refractivity contribution in [2.24, 2.45) is 0 Å². The van der Waals surface area contributed by atoms with Gasteiger partial charge in [0.25, 0.3) is 10.0 Å². The van der Waals surface area contributed by atoms with Gasteiger partial charge in [-0.3, -0.25) is 4.72 Å². The van der Waals surface area contributed by atoms with Gasteiger partial charge in [0.1, 0.15) is 20.7 Å². The number of nitrogens with one attached hydrogen (secondary N) is 1. The summed E-state index contributed by atoms with van der Waals surface area (Å²) in [5.41, 5.74) is 0.0594. The van der Waals surface area contributed by atoms with Gasteiger partial charge < -0.3 is 9.84 Å². The Morgan fingerprint density at radius 3 is 2.62 bits per heavy atom. The summed E-state index contributed by atoms with van der Waals surface area (Å²) in [5, 5.41) is 8.80. The zero-order valence-corrected chi connectivity index (χ0v) is 12.3. The maximum Gasteiger partial charge on any atom is 0.345 e. The molecule has 1 aromatic carbocycles. The molecule has 0 unspecified atom stereocenters. The highest BCUT2D eigenvalue weighted by Crippen LogP contribution is 2.29. The minimum absolute atomic E-state index is 0.0218. The molecule has 0 amide bonds. The van der Waals surface area contributed by atoms with Crippen LogP contribution in [0.5, 0.6) is 5.75 Å². The molecule has 0 saturated heterocycles. The van der Waals surface area contributed by atoms with Gasteiger partial charge in [-0.2, -0.15) is 0 Å². The van der Waals surface area contributed by atoms with Gasteiger partial charge >= 0.3 is 5.97 Å². The molecule has 0 saturated carbocycles. The molecule has 0 aliphatic heterocycles. The lowest BCUT2D eigenvalue weighted by atomic mass is 10.3. The molecule has 1 heterocycles. The second-order valence-corrected chi connectivity index (χ2v) is 6.87. The third-order valence-corrected chi connectivity index (χ3v) is 5.40. The summed E-state index contributed by atoms with van der Waals surface area (Å²) >= 11 is 0.619. The molecule has 9 heteroatoms. The van der Waals surface area contributed by atoms with Crippen LogP contribution in [0.2, 0.25) is 0 Å². The second-order valence-electron chi connectivity index (χ2n) is 3.87. The van der Waals surface area contributed by atoms with Gasteiger partial charge in [0.05, 0.1) is 12.8 Å². The number of benzene rings is 1. The molecule has 0 fully saturated rings. The predicted molar refractivity (Wildman–Crippen MR) is 75.0 cm³/mol. The van der Waals surface area contributed by atoms with Gasteiger partial charge in [0.2, 0.25) is 0 Å². The largest absolute Gasteiger partial charge is 0.494 e. The molecule has 1 aromatic heterocycles. The van der Waals surface area contributed by atoms with Crippen LogP contribution in [0.15, 0.2) is 34.5 Å². The van der Waals surface area contributed by atoms with E-state index in [1.807, 2.05) is 0 Å². The first-order valence-electron chi connectivity index (χ1n) is 5.53. The second kappa shape index (κ2) is 5.70. The van der Waals surface area contributed by atoms with Crippen LogP contribution >= 0.6 is 11.3 Å². The molecule has 6 nitrogen and oxygen atoms in total. The maximum absolute atomic E-state index is 13.1. The Labute approximate surface area is 123 Å². The molecule has 2 rings (SSSR count). The van der Waals surface area contributed by atoms with Gasteiger partial charge in [0, 0.05) is 6.07 Å². The number of halogens is 1. The summed E-state index contributed by atoms with van der Waals surface area (Å²) in [5.74, 6) is -1.76. The number of carboxylic acids is 1. The fourth-order valence-corrected chi connectivity index (χ4v) is 3.74. The maximum atomic E-state index is 13.1. The molecule has 2 N–H and O–H groups in total. The van der Waals surface area contributed by atoms with E-state index in [4.69, 9.17) is 9.84 Å². The monoisotopic (exact) mass is 331 g/mol. The first-order valence-corrected chi connectivity index (χ1v) is 7.83. The lowest BCUT2D eigenvalue weighted by Gasteiger charge is -2.10. The summed E-state index contributed by atoms with van der Waals surface area (Å²) in [7, 11) is -2.69. The van der Waals surface area contributed by atoms with Crippen LogP contribution in [0.3, 0.4) is 0 Å². The Morgan fingerprint density at radius 1 is 1.33 bits per heavy atom. The fourth-order valence-electron chi connectivity index (χ4n) is 1.52. The lowest BCUT2D eigenvalue weighted by Crippen LogP contribution is -2.12. The Hall–Kier alpha value is -2.13. The first-order chi connectivity index (χ1) is 9.83. The van der Waals surface area contributed by atoms with Gasteiger partial charge in [-0.15, -0.1) is 11.3 Å². The van der Waals surface area contributed by atoms with Crippen LogP contribution in [0.1, 0.15) is 9.67 Å². The quantitative estimate of drug-likeness (QED) is 0.877. The number of hydrogen-bond acceptors (Lipinski definition) is 5. The Kier molecular flexibility index (Phi) is 4.14. The molecule has 0 atom stereocenters. The zero-order valence-electron chi connectivity index (χ0n) is 10.7. The van der Waals surface area contributed by atoms with Crippen molar-refractivity contribution in [1.29, 1.82) is 0 Å². The molecule has 112 valence electrons. The van der Waals surface area contributed by atoms with Gasteiger partial charge in [0.15, 0.2) is 0 Å². The van der Waals surface area contributed by atoms with Crippen molar-refractivity contribution in [1.82, 2.24) is 0 Å². The van der Waals surface area contributed by atoms with E-state index in [9.17, 15) is 17.6 Å². The number of carbonyl (C=O) groups is 1. The van der Waals surface area contributed by atoms with E-state index in [-0.39, 0.29) is 20.5 Å². The molecule has 0 aliphatic carbocycles. The van der Waals surface area contributed by atoms with Crippen molar-refractivity contribution in [3.05, 3.63) is 41.0 Å². The molecule has 21 heavy (non-hydrogen) atoms. The summed E-state index contributed by atoms with van der Waals surface area (Å²) in [6.45, 7) is 0. The molecular formula is C12H10FNO5S2. The fraction of sp³-hybridized carbons (Fsp3) is 0.0833. The number of rotatable bonds is 5. The average molecular weight is 331 g/mol. The number of sulfonamides is 1. The number of hydrogen-bond donors (Lipinski definition) is 2. The standard InChI is InChI=1S/C12H10FNO5S2/c1-19-9-6-7(13)2-3-8(9)14-21(17,18)11-5-4-10(20-11)12(15)16/h2-6,14H,1H3,(H,15,16). The van der Waals surface area contributed by atoms with Crippen molar-refractivity contribution >= 4 is 33.0 Å². The van der Waals surface area contributed by atoms with Crippen LogP contribution < -0.4 is 9.46 Å². The van der Waals surface area contributed by atoms with E-state index in [2.05, 4.69) is 4.72 Å². The Bertz CT molecular complexity index is 785. The lowest BCUT2D eigenvalue weighted by molar-refractivity contribution is 0.0702. The molecule has 2 aromatic rings. The summed E-state index contributed by atoms with van der Waals surface area (Å²) in [6, 6.07) is 5.72. The molecule has 0 bridgehead atoms. The highest BCUT2D eigenvalue weighted by atomic mass is 32.2. The smallest absolute Gasteiger partial charge is 0.345 e. The van der Waals surface area contributed by atoms with Gasteiger partial charge in [-0.05, 0) is 24.3 Å². The Morgan fingerprint density at radius 2 is 2.05 bits per heavy atom. The minimum atomic E-state index is -3.97. The van der Waals surface area contributed by atoms with E-state index < -0.39 is 21.8 Å². The number of ether oxygens (including phenoxy) is 1. The predicted octanol–water partition coefficient (Wildman–Crippen LogP) is 2.39. The zero-order chi connectivity index (χ0) is 15.6. The number of carboxylic acid groups (broad SMARTS) is 1. The highest BCUT2D eigenvalue weighted by Gasteiger charge is 2.20. The first kappa shape index (κ1) is 15.3. The van der Waals surface area contributed by atoms with Gasteiger partial charge in [-0.25, -0.2) is 17.6 Å². The molecular weight excluding hydrogens is 321 g/mol. The highest BCUT2D eigenvalue weighted by molar-refractivity contribution is 7.94.